The van der Waals surface area contributed by atoms with Crippen molar-refractivity contribution < 1.29 is 14.3 Å². The second-order valence-electron chi connectivity index (χ2n) is 5.36. The highest BCUT2D eigenvalue weighted by atomic mass is 32.1. The van der Waals surface area contributed by atoms with Gasteiger partial charge in [0, 0.05) is 35.3 Å². The molecule has 0 aliphatic carbocycles. The summed E-state index contributed by atoms with van der Waals surface area (Å²) in [5, 5.41) is 5.52. The van der Waals surface area contributed by atoms with Crippen molar-refractivity contribution in [3.05, 3.63) is 46.2 Å². The molecule has 0 fully saturated rings. The monoisotopic (exact) mass is 347 g/mol. The average Bonchev–Trinajstić information content (AvgIpc) is 2.94. The van der Waals surface area contributed by atoms with Crippen molar-refractivity contribution in [3.8, 4) is 0 Å². The Bertz CT molecular complexity index is 697. The molecule has 0 aliphatic heterocycles. The fourth-order valence-electron chi connectivity index (χ4n) is 2.06. The van der Waals surface area contributed by atoms with Gasteiger partial charge in [0.25, 0.3) is 0 Å². The first-order chi connectivity index (χ1) is 11.5. The van der Waals surface area contributed by atoms with Crippen LogP contribution in [0, 0.1) is 6.92 Å². The van der Waals surface area contributed by atoms with Gasteiger partial charge < -0.3 is 20.3 Å². The van der Waals surface area contributed by atoms with Crippen LogP contribution >= 0.6 is 11.3 Å². The minimum absolute atomic E-state index is 0.00543. The summed E-state index contributed by atoms with van der Waals surface area (Å²) in [4.78, 5) is 27.6. The largest absolute Gasteiger partial charge is 0.375 e. The third-order valence-corrected chi connectivity index (χ3v) is 4.22. The molecule has 128 valence electrons. The van der Waals surface area contributed by atoms with Crippen molar-refractivity contribution in [2.45, 2.75) is 13.5 Å². The van der Waals surface area contributed by atoms with Crippen molar-refractivity contribution in [2.75, 3.05) is 31.4 Å². The number of amides is 3. The van der Waals surface area contributed by atoms with E-state index in [2.05, 4.69) is 10.6 Å². The van der Waals surface area contributed by atoms with Gasteiger partial charge in [-0.2, -0.15) is 0 Å². The normalized spacial score (nSPS) is 10.3. The molecular formula is C17H21N3O3S. The maximum atomic E-state index is 12.2. The van der Waals surface area contributed by atoms with E-state index in [4.69, 9.17) is 4.74 Å². The topological polar surface area (TPSA) is 70.7 Å². The van der Waals surface area contributed by atoms with E-state index in [-0.39, 0.29) is 18.5 Å². The number of rotatable bonds is 6. The summed E-state index contributed by atoms with van der Waals surface area (Å²) < 4.78 is 4.76. The van der Waals surface area contributed by atoms with Crippen LogP contribution in [0.4, 0.5) is 16.2 Å². The minimum atomic E-state index is -0.222. The van der Waals surface area contributed by atoms with Crippen molar-refractivity contribution >= 4 is 34.6 Å². The van der Waals surface area contributed by atoms with Gasteiger partial charge in [0.15, 0.2) is 0 Å². The summed E-state index contributed by atoms with van der Waals surface area (Å²) in [7, 11) is 3.22. The molecule has 0 spiro atoms. The second-order valence-corrected chi connectivity index (χ2v) is 6.73. The van der Waals surface area contributed by atoms with Crippen molar-refractivity contribution in [3.63, 3.8) is 0 Å². The molecule has 0 saturated heterocycles. The highest BCUT2D eigenvalue weighted by Crippen LogP contribution is 2.18. The van der Waals surface area contributed by atoms with Crippen LogP contribution in [0.2, 0.25) is 0 Å². The lowest BCUT2D eigenvalue weighted by atomic mass is 10.3. The number of anilines is 2. The smallest absolute Gasteiger partial charge is 0.321 e. The number of hydrogen-bond donors (Lipinski definition) is 2. The Kier molecular flexibility index (Phi) is 6.34. The Labute approximate surface area is 145 Å². The molecule has 0 unspecified atom stereocenters. The number of hydrogen-bond acceptors (Lipinski definition) is 4. The molecule has 2 aromatic rings. The molecule has 6 nitrogen and oxygen atoms in total. The van der Waals surface area contributed by atoms with E-state index < -0.39 is 0 Å². The standard InChI is InChI=1S/C17H21N3O3S/c1-12-4-9-15(24-12)10-20(2)17(22)19-14-7-5-13(6-8-14)18-16(21)11-23-3/h4-9H,10-11H2,1-3H3,(H,18,21)(H,19,22). The highest BCUT2D eigenvalue weighted by molar-refractivity contribution is 7.11. The SMILES string of the molecule is COCC(=O)Nc1ccc(NC(=O)N(C)Cc2ccc(C)s2)cc1. The highest BCUT2D eigenvalue weighted by Gasteiger charge is 2.10. The number of urea groups is 1. The van der Waals surface area contributed by atoms with E-state index in [1.54, 1.807) is 47.5 Å². The number of ether oxygens (including phenoxy) is 1. The molecule has 7 heteroatoms. The van der Waals surface area contributed by atoms with Gasteiger partial charge in [-0.1, -0.05) is 0 Å². The molecule has 2 N–H and O–H groups in total. The van der Waals surface area contributed by atoms with E-state index in [0.29, 0.717) is 17.9 Å². The number of carbonyl (C=O) groups excluding carboxylic acids is 2. The summed E-state index contributed by atoms with van der Waals surface area (Å²) in [5.41, 5.74) is 1.32. The first-order valence-electron chi connectivity index (χ1n) is 7.44. The van der Waals surface area contributed by atoms with Gasteiger partial charge in [-0.05, 0) is 43.3 Å². The first-order valence-corrected chi connectivity index (χ1v) is 8.26. The van der Waals surface area contributed by atoms with Crippen LogP contribution in [-0.2, 0) is 16.1 Å². The zero-order chi connectivity index (χ0) is 17.5. The van der Waals surface area contributed by atoms with Gasteiger partial charge in [0.1, 0.15) is 6.61 Å². The Morgan fingerprint density at radius 1 is 1.08 bits per heavy atom. The van der Waals surface area contributed by atoms with E-state index in [1.165, 1.54) is 12.0 Å². The number of nitrogens with one attached hydrogen (secondary N) is 2. The van der Waals surface area contributed by atoms with E-state index in [0.717, 1.165) is 4.88 Å². The fourth-order valence-corrected chi connectivity index (χ4v) is 3.00. The quantitative estimate of drug-likeness (QED) is 0.842. The Hall–Kier alpha value is -2.38. The molecule has 0 aliphatic rings. The number of nitrogens with zero attached hydrogens (tertiary/aromatic N) is 1. The number of aryl methyl sites for hydroxylation is 1. The Morgan fingerprint density at radius 2 is 1.71 bits per heavy atom. The maximum Gasteiger partial charge on any atom is 0.321 e. The zero-order valence-electron chi connectivity index (χ0n) is 14.0. The predicted octanol–water partition coefficient (Wildman–Crippen LogP) is 3.31. The third kappa shape index (κ3) is 5.36. The molecule has 0 bridgehead atoms. The van der Waals surface area contributed by atoms with E-state index >= 15 is 0 Å². The van der Waals surface area contributed by atoms with Crippen molar-refractivity contribution in [2.24, 2.45) is 0 Å². The van der Waals surface area contributed by atoms with Crippen LogP contribution < -0.4 is 10.6 Å². The summed E-state index contributed by atoms with van der Waals surface area (Å²) in [6, 6.07) is 10.8. The minimum Gasteiger partial charge on any atom is -0.375 e. The summed E-state index contributed by atoms with van der Waals surface area (Å²) in [6.07, 6.45) is 0. The van der Waals surface area contributed by atoms with Crippen LogP contribution in [0.1, 0.15) is 9.75 Å². The van der Waals surface area contributed by atoms with Gasteiger partial charge in [-0.15, -0.1) is 11.3 Å². The van der Waals surface area contributed by atoms with Gasteiger partial charge in [-0.25, -0.2) is 4.79 Å². The molecule has 0 saturated carbocycles. The van der Waals surface area contributed by atoms with Crippen LogP contribution in [0.3, 0.4) is 0 Å². The number of carbonyl (C=O) groups is 2. The molecule has 2 rings (SSSR count). The fraction of sp³-hybridized carbons (Fsp3) is 0.294. The lowest BCUT2D eigenvalue weighted by Crippen LogP contribution is -2.30. The second kappa shape index (κ2) is 8.47. The van der Waals surface area contributed by atoms with Gasteiger partial charge >= 0.3 is 6.03 Å². The van der Waals surface area contributed by atoms with Crippen molar-refractivity contribution in [1.29, 1.82) is 0 Å². The van der Waals surface area contributed by atoms with Crippen LogP contribution in [0.5, 0.6) is 0 Å². The molecule has 0 radical (unpaired) electrons. The average molecular weight is 347 g/mol. The Morgan fingerprint density at radius 3 is 2.25 bits per heavy atom. The van der Waals surface area contributed by atoms with Crippen LogP contribution in [0.15, 0.2) is 36.4 Å². The zero-order valence-corrected chi connectivity index (χ0v) is 14.8. The molecule has 1 aromatic heterocycles. The van der Waals surface area contributed by atoms with Crippen molar-refractivity contribution in [1.82, 2.24) is 4.90 Å². The molecule has 1 aromatic carbocycles. The lowest BCUT2D eigenvalue weighted by Gasteiger charge is -2.17. The van der Waals surface area contributed by atoms with E-state index in [1.807, 2.05) is 19.1 Å². The van der Waals surface area contributed by atoms with Gasteiger partial charge in [-0.3, -0.25) is 4.79 Å². The molecule has 1 heterocycles. The summed E-state index contributed by atoms with van der Waals surface area (Å²) in [5.74, 6) is -0.222. The van der Waals surface area contributed by atoms with Crippen LogP contribution in [0.25, 0.3) is 0 Å². The number of thiophene rings is 1. The van der Waals surface area contributed by atoms with Gasteiger partial charge in [0.05, 0.1) is 6.54 Å². The first kappa shape index (κ1) is 18.0. The lowest BCUT2D eigenvalue weighted by molar-refractivity contribution is -0.119. The van der Waals surface area contributed by atoms with Gasteiger partial charge in [0.2, 0.25) is 5.91 Å². The predicted molar refractivity (Wildman–Crippen MR) is 96.5 cm³/mol. The number of methoxy groups -OCH3 is 1. The molecule has 24 heavy (non-hydrogen) atoms. The molecular weight excluding hydrogens is 326 g/mol. The summed E-state index contributed by atoms with van der Waals surface area (Å²) in [6.45, 7) is 2.61. The Balaban J connectivity index is 1.88. The van der Waals surface area contributed by atoms with E-state index in [9.17, 15) is 9.59 Å². The summed E-state index contributed by atoms with van der Waals surface area (Å²) >= 11 is 1.68. The molecule has 3 amide bonds. The number of benzene rings is 1. The van der Waals surface area contributed by atoms with Crippen LogP contribution in [-0.4, -0.2) is 37.6 Å². The maximum absolute atomic E-state index is 12.2. The third-order valence-electron chi connectivity index (χ3n) is 3.23. The molecule has 0 atom stereocenters.